The van der Waals surface area contributed by atoms with E-state index >= 15 is 0 Å². The molecule has 3 rings (SSSR count). The Morgan fingerprint density at radius 2 is 1.23 bits per heavy atom. The Labute approximate surface area is 272 Å². The minimum Gasteiger partial charge on any atom is -0.507 e. The minimum absolute atomic E-state index is 0.0393. The van der Waals surface area contributed by atoms with Crippen LogP contribution in [0.2, 0.25) is 0 Å². The number of carbonyl (C=O) groups is 9. The number of aromatic hydroxyl groups is 2. The number of ketones is 9. The maximum atomic E-state index is 14.1. The maximum Gasteiger partial charge on any atom is 0.170 e. The third kappa shape index (κ3) is 6.73. The highest BCUT2D eigenvalue weighted by Gasteiger charge is 2.59. The summed E-state index contributed by atoms with van der Waals surface area (Å²) in [6, 6.07) is 1.05. The summed E-state index contributed by atoms with van der Waals surface area (Å²) < 4.78 is 5.27. The lowest BCUT2D eigenvalue weighted by molar-refractivity contribution is -0.157. The number of Topliss-reactive ketones (excluding diaryl/α,β-unsaturated/α-hetero) is 9. The number of phenols is 2. The SMILES string of the molecule is CCCC(=O)c1c(O)cc(OC)c(CC2C(=O)C(CC3C(=O)C(C(=O)CCC)C(=O)C(C)(C)C3=O)C(=O)C(C(=O)CCC)C2=O)c1O. The fraction of sp³-hybridized carbons (Fsp3) is 0.571. The van der Waals surface area contributed by atoms with Crippen LogP contribution in [-0.2, 0) is 44.8 Å². The van der Waals surface area contributed by atoms with Crippen molar-refractivity contribution in [1.82, 2.24) is 0 Å². The van der Waals surface area contributed by atoms with Gasteiger partial charge in [-0.2, -0.15) is 0 Å². The van der Waals surface area contributed by atoms with Crippen LogP contribution in [-0.4, -0.2) is 69.4 Å². The molecule has 0 spiro atoms. The highest BCUT2D eigenvalue weighted by Crippen LogP contribution is 2.44. The molecule has 5 unspecified atom stereocenters. The van der Waals surface area contributed by atoms with Crippen molar-refractivity contribution in [3.05, 3.63) is 17.2 Å². The van der Waals surface area contributed by atoms with E-state index in [0.717, 1.165) is 6.07 Å². The third-order valence-corrected chi connectivity index (χ3v) is 9.22. The molecule has 2 aliphatic carbocycles. The zero-order chi connectivity index (χ0) is 35.5. The second-order valence-electron chi connectivity index (χ2n) is 12.8. The standard InChI is InChI=1S/C35H42O12/c1-7-10-20(36)25-23(39)15-24(47-6)16(29(25)41)13-17-28(40)18(31(43)26(30(17)42)21(37)11-8-2)14-19-32(44)27(22(38)12-9-3)34(46)35(4,5)33(19)45/h15,17-19,26-27,39,41H,7-14H2,1-6H3. The number of methoxy groups -OCH3 is 1. The van der Waals surface area contributed by atoms with E-state index in [2.05, 4.69) is 0 Å². The molecule has 0 amide bonds. The van der Waals surface area contributed by atoms with E-state index in [1.165, 1.54) is 21.0 Å². The highest BCUT2D eigenvalue weighted by molar-refractivity contribution is 6.35. The number of phenolic OH excluding ortho intramolecular Hbond substituents is 2. The van der Waals surface area contributed by atoms with Crippen molar-refractivity contribution in [3.8, 4) is 17.2 Å². The molecule has 2 aliphatic rings. The van der Waals surface area contributed by atoms with Crippen molar-refractivity contribution in [1.29, 1.82) is 0 Å². The lowest BCUT2D eigenvalue weighted by Gasteiger charge is -2.38. The van der Waals surface area contributed by atoms with Crippen LogP contribution in [0.3, 0.4) is 0 Å². The van der Waals surface area contributed by atoms with Gasteiger partial charge in [-0.3, -0.25) is 43.2 Å². The first-order chi connectivity index (χ1) is 22.0. The Kier molecular flexibility index (Phi) is 11.5. The van der Waals surface area contributed by atoms with E-state index in [4.69, 9.17) is 4.74 Å². The van der Waals surface area contributed by atoms with E-state index in [1.807, 2.05) is 0 Å². The van der Waals surface area contributed by atoms with E-state index in [-0.39, 0.29) is 37.0 Å². The van der Waals surface area contributed by atoms with Crippen LogP contribution in [0.1, 0.15) is 95.5 Å². The molecule has 12 heteroatoms. The van der Waals surface area contributed by atoms with Crippen molar-refractivity contribution in [2.45, 2.75) is 86.0 Å². The van der Waals surface area contributed by atoms with Crippen molar-refractivity contribution in [2.24, 2.45) is 35.0 Å². The highest BCUT2D eigenvalue weighted by atomic mass is 16.5. The third-order valence-electron chi connectivity index (χ3n) is 9.22. The van der Waals surface area contributed by atoms with Crippen LogP contribution in [0.25, 0.3) is 0 Å². The van der Waals surface area contributed by atoms with Crippen molar-refractivity contribution in [2.75, 3.05) is 7.11 Å². The smallest absolute Gasteiger partial charge is 0.170 e. The molecule has 0 aromatic heterocycles. The second-order valence-corrected chi connectivity index (χ2v) is 12.8. The predicted octanol–water partition coefficient (Wildman–Crippen LogP) is 3.31. The fourth-order valence-electron chi connectivity index (χ4n) is 6.62. The van der Waals surface area contributed by atoms with Crippen LogP contribution < -0.4 is 4.74 Å². The van der Waals surface area contributed by atoms with Crippen molar-refractivity contribution in [3.63, 3.8) is 0 Å². The Hall–Kier alpha value is -4.35. The summed E-state index contributed by atoms with van der Waals surface area (Å²) >= 11 is 0. The summed E-state index contributed by atoms with van der Waals surface area (Å²) in [5.41, 5.74) is -2.43. The Morgan fingerprint density at radius 3 is 1.77 bits per heavy atom. The number of hydrogen-bond donors (Lipinski definition) is 2. The molecule has 0 bridgehead atoms. The van der Waals surface area contributed by atoms with Crippen LogP contribution >= 0.6 is 0 Å². The number of benzene rings is 1. The Balaban J connectivity index is 2.15. The van der Waals surface area contributed by atoms with Gasteiger partial charge in [0.05, 0.1) is 30.3 Å². The fourth-order valence-corrected chi connectivity index (χ4v) is 6.62. The van der Waals surface area contributed by atoms with Gasteiger partial charge >= 0.3 is 0 Å². The van der Waals surface area contributed by atoms with Crippen molar-refractivity contribution < 1.29 is 58.1 Å². The van der Waals surface area contributed by atoms with Gasteiger partial charge in [0.15, 0.2) is 52.0 Å². The summed E-state index contributed by atoms with van der Waals surface area (Å²) in [7, 11) is 1.19. The van der Waals surface area contributed by atoms with E-state index < -0.39 is 117 Å². The predicted molar refractivity (Wildman–Crippen MR) is 165 cm³/mol. The number of rotatable bonds is 14. The van der Waals surface area contributed by atoms with Crippen LogP contribution in [0.4, 0.5) is 0 Å². The van der Waals surface area contributed by atoms with E-state index in [0.29, 0.717) is 12.8 Å². The van der Waals surface area contributed by atoms with Gasteiger partial charge < -0.3 is 14.9 Å². The molecular formula is C35H42O12. The zero-order valence-electron chi connectivity index (χ0n) is 27.6. The summed E-state index contributed by atoms with van der Waals surface area (Å²) in [6.45, 7) is 7.57. The quantitative estimate of drug-likeness (QED) is 0.219. The number of hydrogen-bond acceptors (Lipinski definition) is 12. The van der Waals surface area contributed by atoms with Gasteiger partial charge in [-0.1, -0.05) is 20.8 Å². The monoisotopic (exact) mass is 654 g/mol. The minimum atomic E-state index is -1.91. The number of ether oxygens (including phenoxy) is 1. The van der Waals surface area contributed by atoms with Crippen LogP contribution in [0.15, 0.2) is 6.07 Å². The summed E-state index contributed by atoms with van der Waals surface area (Å²) in [6.07, 6.45) is -0.725. The normalized spacial score (nSPS) is 24.4. The molecule has 0 radical (unpaired) electrons. The molecule has 0 saturated heterocycles. The van der Waals surface area contributed by atoms with Crippen LogP contribution in [0, 0.1) is 35.0 Å². The molecule has 12 nitrogen and oxygen atoms in total. The first kappa shape index (κ1) is 37.1. The average Bonchev–Trinajstić information content (AvgIpc) is 2.99. The summed E-state index contributed by atoms with van der Waals surface area (Å²) in [5, 5.41) is 21.6. The molecule has 1 aromatic carbocycles. The van der Waals surface area contributed by atoms with Gasteiger partial charge in [-0.15, -0.1) is 0 Å². The molecule has 1 aromatic rings. The van der Waals surface area contributed by atoms with Gasteiger partial charge in [-0.05, 0) is 46.0 Å². The van der Waals surface area contributed by atoms with Gasteiger partial charge in [0.2, 0.25) is 0 Å². The lowest BCUT2D eigenvalue weighted by Crippen LogP contribution is -2.57. The topological polar surface area (TPSA) is 203 Å². The van der Waals surface area contributed by atoms with Gasteiger partial charge in [0.25, 0.3) is 0 Å². The van der Waals surface area contributed by atoms with Crippen LogP contribution in [0.5, 0.6) is 17.2 Å². The first-order valence-electron chi connectivity index (χ1n) is 15.9. The van der Waals surface area contributed by atoms with Gasteiger partial charge in [-0.25, -0.2) is 0 Å². The van der Waals surface area contributed by atoms with E-state index in [1.54, 1.807) is 20.8 Å². The summed E-state index contributed by atoms with van der Waals surface area (Å²) in [5.74, 6) is -18.4. The Bertz CT molecular complexity index is 1550. The molecule has 254 valence electrons. The van der Waals surface area contributed by atoms with Crippen molar-refractivity contribution >= 4 is 52.0 Å². The maximum absolute atomic E-state index is 14.1. The molecular weight excluding hydrogens is 612 g/mol. The molecule has 0 aliphatic heterocycles. The lowest BCUT2D eigenvalue weighted by atomic mass is 9.59. The van der Waals surface area contributed by atoms with Gasteiger partial charge in [0.1, 0.15) is 34.6 Å². The van der Waals surface area contributed by atoms with Gasteiger partial charge in [0, 0.05) is 30.9 Å². The summed E-state index contributed by atoms with van der Waals surface area (Å²) in [4.78, 5) is 121. The molecule has 2 N–H and O–H groups in total. The first-order valence-corrected chi connectivity index (χ1v) is 15.9. The molecule has 47 heavy (non-hydrogen) atoms. The largest absolute Gasteiger partial charge is 0.507 e. The average molecular weight is 655 g/mol. The molecule has 0 heterocycles. The molecule has 5 atom stereocenters. The van der Waals surface area contributed by atoms with E-state index in [9.17, 15) is 53.4 Å². The Morgan fingerprint density at radius 1 is 0.723 bits per heavy atom. The number of carbonyl (C=O) groups excluding carboxylic acids is 9. The second kappa shape index (κ2) is 14.6. The molecule has 2 saturated carbocycles. The molecule has 2 fully saturated rings. The zero-order valence-corrected chi connectivity index (χ0v) is 27.6.